The predicted molar refractivity (Wildman–Crippen MR) is 130 cm³/mol. The molecule has 1 aliphatic rings. The molecule has 1 saturated heterocycles. The normalized spacial score (nSPS) is 14.8. The van der Waals surface area contributed by atoms with Gasteiger partial charge in [-0.1, -0.05) is 54.6 Å². The summed E-state index contributed by atoms with van der Waals surface area (Å²) in [7, 11) is 0. The van der Waals surface area contributed by atoms with Gasteiger partial charge in [-0.3, -0.25) is 4.79 Å². The number of hydrogen-bond donors (Lipinski definition) is 1. The molecule has 0 amide bonds. The van der Waals surface area contributed by atoms with Gasteiger partial charge >= 0.3 is 0 Å². The number of pyridine rings is 1. The van der Waals surface area contributed by atoms with Gasteiger partial charge in [0, 0.05) is 35.2 Å². The first-order valence-corrected chi connectivity index (χ1v) is 11.2. The Balaban J connectivity index is 1.31. The zero-order valence-corrected chi connectivity index (χ0v) is 18.0. The first kappa shape index (κ1) is 19.6. The van der Waals surface area contributed by atoms with Gasteiger partial charge in [-0.05, 0) is 67.5 Å². The molecule has 5 rings (SSSR count). The van der Waals surface area contributed by atoms with Crippen molar-refractivity contribution in [2.75, 3.05) is 18.0 Å². The van der Waals surface area contributed by atoms with E-state index in [2.05, 4.69) is 64.5 Å². The van der Waals surface area contributed by atoms with Gasteiger partial charge in [-0.2, -0.15) is 0 Å². The standard InChI is InChI=1S/C28H28N2O/c1-20-27(29-26-10-6-5-9-25(26)28(20)31)23-11-13-24(14-12-23)30-17-15-22(16-18-30)19-21-7-3-2-4-8-21/h2-14,22H,15-19H2,1H3,(H,29,31). The second-order valence-corrected chi connectivity index (χ2v) is 8.67. The number of para-hydroxylation sites is 1. The smallest absolute Gasteiger partial charge is 0.192 e. The molecule has 1 aliphatic heterocycles. The van der Waals surface area contributed by atoms with Gasteiger partial charge in [0.2, 0.25) is 0 Å². The summed E-state index contributed by atoms with van der Waals surface area (Å²) in [6.07, 6.45) is 3.64. The Morgan fingerprint density at radius 3 is 2.29 bits per heavy atom. The lowest BCUT2D eigenvalue weighted by Gasteiger charge is -2.34. The van der Waals surface area contributed by atoms with E-state index in [0.717, 1.165) is 46.7 Å². The molecule has 156 valence electrons. The average molecular weight is 409 g/mol. The maximum Gasteiger partial charge on any atom is 0.192 e. The van der Waals surface area contributed by atoms with Crippen LogP contribution in [0.25, 0.3) is 22.2 Å². The van der Waals surface area contributed by atoms with Crippen molar-refractivity contribution in [1.82, 2.24) is 4.98 Å². The van der Waals surface area contributed by atoms with Crippen LogP contribution in [0.5, 0.6) is 0 Å². The van der Waals surface area contributed by atoms with E-state index in [1.165, 1.54) is 30.5 Å². The largest absolute Gasteiger partial charge is 0.372 e. The minimum atomic E-state index is 0.105. The Kier molecular flexibility index (Phi) is 5.33. The maximum atomic E-state index is 12.8. The minimum absolute atomic E-state index is 0.105. The SMILES string of the molecule is Cc1c(-c2ccc(N3CCC(Cc4ccccc4)CC3)cc2)[nH]c2ccccc2c1=O. The fourth-order valence-electron chi connectivity index (χ4n) is 4.80. The minimum Gasteiger partial charge on any atom is -0.372 e. The summed E-state index contributed by atoms with van der Waals surface area (Å²) >= 11 is 0. The summed E-state index contributed by atoms with van der Waals surface area (Å²) in [5.41, 5.74) is 6.45. The molecule has 0 saturated carbocycles. The molecule has 0 radical (unpaired) electrons. The first-order chi connectivity index (χ1) is 15.2. The Morgan fingerprint density at radius 2 is 1.55 bits per heavy atom. The number of anilines is 1. The van der Waals surface area contributed by atoms with Crippen LogP contribution in [0.2, 0.25) is 0 Å². The summed E-state index contributed by atoms with van der Waals surface area (Å²) in [5.74, 6) is 0.767. The van der Waals surface area contributed by atoms with Gasteiger partial charge in [0.25, 0.3) is 0 Å². The Morgan fingerprint density at radius 1 is 0.871 bits per heavy atom. The van der Waals surface area contributed by atoms with Gasteiger partial charge < -0.3 is 9.88 Å². The van der Waals surface area contributed by atoms with Crippen molar-refractivity contribution < 1.29 is 0 Å². The van der Waals surface area contributed by atoms with Gasteiger partial charge in [-0.25, -0.2) is 0 Å². The highest BCUT2D eigenvalue weighted by Crippen LogP contribution is 2.28. The number of aromatic nitrogens is 1. The van der Waals surface area contributed by atoms with Crippen molar-refractivity contribution >= 4 is 16.6 Å². The highest BCUT2D eigenvalue weighted by Gasteiger charge is 2.20. The molecule has 1 aromatic heterocycles. The first-order valence-electron chi connectivity index (χ1n) is 11.2. The molecular weight excluding hydrogens is 380 g/mol. The molecule has 0 spiro atoms. The second kappa shape index (κ2) is 8.43. The molecule has 1 fully saturated rings. The summed E-state index contributed by atoms with van der Waals surface area (Å²) in [6.45, 7) is 4.11. The number of benzene rings is 3. The van der Waals surface area contributed by atoms with Crippen LogP contribution in [0.4, 0.5) is 5.69 Å². The molecule has 3 aromatic carbocycles. The lowest BCUT2D eigenvalue weighted by atomic mass is 9.90. The molecule has 1 N–H and O–H groups in total. The van der Waals surface area contributed by atoms with Gasteiger partial charge in [0.05, 0.1) is 5.69 Å². The summed E-state index contributed by atoms with van der Waals surface area (Å²) < 4.78 is 0. The van der Waals surface area contributed by atoms with E-state index in [1.54, 1.807) is 0 Å². The molecule has 3 heteroatoms. The van der Waals surface area contributed by atoms with Gasteiger partial charge in [-0.15, -0.1) is 0 Å². The van der Waals surface area contributed by atoms with Crippen molar-refractivity contribution in [3.8, 4) is 11.3 Å². The van der Waals surface area contributed by atoms with Crippen LogP contribution in [-0.2, 0) is 6.42 Å². The molecule has 4 aromatic rings. The van der Waals surface area contributed by atoms with Gasteiger partial charge in [0.1, 0.15) is 0 Å². The molecule has 31 heavy (non-hydrogen) atoms. The van der Waals surface area contributed by atoms with E-state index in [1.807, 2.05) is 31.2 Å². The number of piperidine rings is 1. The lowest BCUT2D eigenvalue weighted by Crippen LogP contribution is -2.34. The summed E-state index contributed by atoms with van der Waals surface area (Å²) in [4.78, 5) is 18.7. The number of aromatic amines is 1. The van der Waals surface area contributed by atoms with E-state index >= 15 is 0 Å². The van der Waals surface area contributed by atoms with E-state index in [9.17, 15) is 4.79 Å². The zero-order valence-electron chi connectivity index (χ0n) is 18.0. The third-order valence-electron chi connectivity index (χ3n) is 6.65. The second-order valence-electron chi connectivity index (χ2n) is 8.67. The number of fused-ring (bicyclic) bond motifs is 1. The number of nitrogens with one attached hydrogen (secondary N) is 1. The van der Waals surface area contributed by atoms with Crippen LogP contribution in [-0.4, -0.2) is 18.1 Å². The van der Waals surface area contributed by atoms with Crippen LogP contribution in [0.15, 0.2) is 83.7 Å². The van der Waals surface area contributed by atoms with Crippen molar-refractivity contribution in [3.05, 3.63) is 100 Å². The molecule has 3 nitrogen and oxygen atoms in total. The molecule has 0 atom stereocenters. The molecule has 0 bridgehead atoms. The predicted octanol–water partition coefficient (Wildman–Crippen LogP) is 5.96. The maximum absolute atomic E-state index is 12.8. The van der Waals surface area contributed by atoms with Crippen molar-refractivity contribution in [2.45, 2.75) is 26.2 Å². The van der Waals surface area contributed by atoms with Crippen LogP contribution in [0, 0.1) is 12.8 Å². The monoisotopic (exact) mass is 408 g/mol. The lowest BCUT2D eigenvalue weighted by molar-refractivity contribution is 0.404. The fourth-order valence-corrected chi connectivity index (χ4v) is 4.80. The molecule has 0 unspecified atom stereocenters. The summed E-state index contributed by atoms with van der Waals surface area (Å²) in [6, 6.07) is 27.2. The van der Waals surface area contributed by atoms with Crippen LogP contribution in [0.3, 0.4) is 0 Å². The number of rotatable bonds is 4. The number of nitrogens with zero attached hydrogens (tertiary/aromatic N) is 1. The van der Waals surface area contributed by atoms with E-state index < -0.39 is 0 Å². The van der Waals surface area contributed by atoms with E-state index in [4.69, 9.17) is 0 Å². The fraction of sp³-hybridized carbons (Fsp3) is 0.250. The zero-order chi connectivity index (χ0) is 21.2. The van der Waals surface area contributed by atoms with Crippen LogP contribution in [0.1, 0.15) is 24.0 Å². The number of hydrogen-bond acceptors (Lipinski definition) is 2. The Hall–Kier alpha value is -3.33. The van der Waals surface area contributed by atoms with Crippen molar-refractivity contribution in [2.24, 2.45) is 5.92 Å². The highest BCUT2D eigenvalue weighted by molar-refractivity contribution is 5.83. The Bertz CT molecular complexity index is 1230. The highest BCUT2D eigenvalue weighted by atomic mass is 16.1. The van der Waals surface area contributed by atoms with Crippen molar-refractivity contribution in [3.63, 3.8) is 0 Å². The summed E-state index contributed by atoms with van der Waals surface area (Å²) in [5, 5.41) is 0.749. The van der Waals surface area contributed by atoms with E-state index in [-0.39, 0.29) is 5.43 Å². The molecular formula is C28H28N2O. The third-order valence-corrected chi connectivity index (χ3v) is 6.65. The quantitative estimate of drug-likeness (QED) is 0.452. The third kappa shape index (κ3) is 4.00. The Labute approximate surface area is 183 Å². The molecule has 0 aliphatic carbocycles. The van der Waals surface area contributed by atoms with Crippen LogP contribution < -0.4 is 10.3 Å². The van der Waals surface area contributed by atoms with Crippen LogP contribution >= 0.6 is 0 Å². The van der Waals surface area contributed by atoms with Crippen molar-refractivity contribution in [1.29, 1.82) is 0 Å². The average Bonchev–Trinajstić information content (AvgIpc) is 2.83. The number of H-pyrrole nitrogens is 1. The van der Waals surface area contributed by atoms with Gasteiger partial charge in [0.15, 0.2) is 5.43 Å². The van der Waals surface area contributed by atoms with E-state index in [0.29, 0.717) is 0 Å². The topological polar surface area (TPSA) is 36.1 Å². The molecule has 2 heterocycles.